The third-order valence-electron chi connectivity index (χ3n) is 7.57. The lowest BCUT2D eigenvalue weighted by Gasteiger charge is -2.23. The first-order valence-electron chi connectivity index (χ1n) is 15.6. The van der Waals surface area contributed by atoms with Crippen LogP contribution < -0.4 is 16.0 Å². The number of hydrogen-bond acceptors (Lipinski definition) is 9. The van der Waals surface area contributed by atoms with Gasteiger partial charge in [-0.1, -0.05) is 12.1 Å². The van der Waals surface area contributed by atoms with Crippen LogP contribution in [0.4, 0.5) is 0 Å². The molecule has 0 bridgehead atoms. The van der Waals surface area contributed by atoms with Crippen molar-refractivity contribution < 1.29 is 0 Å². The molecule has 4 aromatic rings. The molecule has 1 saturated heterocycles. The molecule has 5 rings (SSSR count). The normalized spacial score (nSPS) is 16.1. The SMILES string of the molecule is c1ccc(CN(Cc2ccnc(-c3cc(CN4CCCNCCNCCCNCC4)ccn3)c2)Cc2ccccn2)nc1. The molecule has 43 heavy (non-hydrogen) atoms. The molecule has 5 heterocycles. The Labute approximate surface area is 256 Å². The maximum absolute atomic E-state index is 4.72. The van der Waals surface area contributed by atoms with Gasteiger partial charge in [0.05, 0.1) is 22.8 Å². The predicted octanol–water partition coefficient (Wildman–Crippen LogP) is 3.50. The first-order valence-corrected chi connectivity index (χ1v) is 15.6. The third-order valence-corrected chi connectivity index (χ3v) is 7.57. The van der Waals surface area contributed by atoms with Gasteiger partial charge in [0.1, 0.15) is 0 Å². The fourth-order valence-electron chi connectivity index (χ4n) is 5.38. The first kappa shape index (κ1) is 30.8. The average molecular weight is 580 g/mol. The fraction of sp³-hybridized carbons (Fsp3) is 0.412. The minimum Gasteiger partial charge on any atom is -0.315 e. The van der Waals surface area contributed by atoms with E-state index in [0.29, 0.717) is 0 Å². The number of nitrogens with one attached hydrogen (secondary N) is 3. The molecule has 1 aliphatic rings. The fourth-order valence-corrected chi connectivity index (χ4v) is 5.38. The summed E-state index contributed by atoms with van der Waals surface area (Å²) in [5.74, 6) is 0. The lowest BCUT2D eigenvalue weighted by atomic mass is 10.1. The van der Waals surface area contributed by atoms with Gasteiger partial charge in [-0.05, 0) is 98.7 Å². The van der Waals surface area contributed by atoms with Crippen molar-refractivity contribution in [2.24, 2.45) is 0 Å². The van der Waals surface area contributed by atoms with Crippen molar-refractivity contribution in [3.63, 3.8) is 0 Å². The van der Waals surface area contributed by atoms with Gasteiger partial charge in [-0.2, -0.15) is 0 Å². The van der Waals surface area contributed by atoms with Crippen molar-refractivity contribution >= 4 is 0 Å². The zero-order valence-electron chi connectivity index (χ0n) is 25.2. The Bertz CT molecular complexity index is 1280. The number of pyridine rings is 4. The van der Waals surface area contributed by atoms with Crippen molar-refractivity contribution in [1.82, 2.24) is 45.7 Å². The van der Waals surface area contributed by atoms with Gasteiger partial charge in [-0.15, -0.1) is 0 Å². The maximum atomic E-state index is 4.72. The van der Waals surface area contributed by atoms with E-state index in [1.807, 2.05) is 49.1 Å². The highest BCUT2D eigenvalue weighted by Crippen LogP contribution is 2.20. The second kappa shape index (κ2) is 17.5. The molecule has 0 saturated carbocycles. The smallest absolute Gasteiger partial charge is 0.0889 e. The van der Waals surface area contributed by atoms with Gasteiger partial charge in [0, 0.05) is 77.1 Å². The molecule has 3 N–H and O–H groups in total. The van der Waals surface area contributed by atoms with E-state index in [0.717, 1.165) is 114 Å². The summed E-state index contributed by atoms with van der Waals surface area (Å²) < 4.78 is 0. The van der Waals surface area contributed by atoms with Crippen LogP contribution in [-0.4, -0.2) is 82.1 Å². The summed E-state index contributed by atoms with van der Waals surface area (Å²) in [4.78, 5) is 23.5. The summed E-state index contributed by atoms with van der Waals surface area (Å²) in [7, 11) is 0. The molecule has 226 valence electrons. The molecule has 1 fully saturated rings. The lowest BCUT2D eigenvalue weighted by Crippen LogP contribution is -2.36. The van der Waals surface area contributed by atoms with Crippen molar-refractivity contribution in [2.75, 3.05) is 52.4 Å². The van der Waals surface area contributed by atoms with Gasteiger partial charge in [0.25, 0.3) is 0 Å². The molecule has 0 aliphatic carbocycles. The quantitative estimate of drug-likeness (QED) is 0.276. The predicted molar refractivity (Wildman–Crippen MR) is 172 cm³/mol. The van der Waals surface area contributed by atoms with Crippen LogP contribution in [0.5, 0.6) is 0 Å². The van der Waals surface area contributed by atoms with E-state index in [4.69, 9.17) is 9.97 Å². The van der Waals surface area contributed by atoms with Crippen LogP contribution in [0.15, 0.2) is 85.5 Å². The van der Waals surface area contributed by atoms with Gasteiger partial charge in [-0.3, -0.25) is 29.7 Å². The molecule has 9 heteroatoms. The number of hydrogen-bond donors (Lipinski definition) is 3. The maximum Gasteiger partial charge on any atom is 0.0889 e. The molecule has 0 aromatic carbocycles. The van der Waals surface area contributed by atoms with Gasteiger partial charge >= 0.3 is 0 Å². The minimum absolute atomic E-state index is 0.736. The summed E-state index contributed by atoms with van der Waals surface area (Å²) in [6, 6.07) is 20.7. The molecule has 0 unspecified atom stereocenters. The van der Waals surface area contributed by atoms with Crippen LogP contribution >= 0.6 is 0 Å². The molecular weight excluding hydrogens is 534 g/mol. The number of nitrogens with zero attached hydrogens (tertiary/aromatic N) is 6. The molecule has 0 atom stereocenters. The average Bonchev–Trinajstić information content (AvgIpc) is 3.04. The lowest BCUT2D eigenvalue weighted by molar-refractivity contribution is 0.241. The van der Waals surface area contributed by atoms with Gasteiger partial charge in [0.15, 0.2) is 0 Å². The molecule has 4 aromatic heterocycles. The van der Waals surface area contributed by atoms with E-state index in [1.165, 1.54) is 11.1 Å². The molecule has 0 spiro atoms. The largest absolute Gasteiger partial charge is 0.315 e. The summed E-state index contributed by atoms with van der Waals surface area (Å²) in [6.07, 6.45) is 9.81. The number of rotatable bonds is 9. The highest BCUT2D eigenvalue weighted by molar-refractivity contribution is 5.55. The van der Waals surface area contributed by atoms with Crippen molar-refractivity contribution in [1.29, 1.82) is 0 Å². The van der Waals surface area contributed by atoms with Gasteiger partial charge < -0.3 is 16.0 Å². The van der Waals surface area contributed by atoms with Crippen LogP contribution in [0.3, 0.4) is 0 Å². The van der Waals surface area contributed by atoms with Crippen molar-refractivity contribution in [2.45, 2.75) is 39.0 Å². The van der Waals surface area contributed by atoms with E-state index in [2.05, 4.69) is 72.1 Å². The summed E-state index contributed by atoms with van der Waals surface area (Å²) in [5.41, 5.74) is 6.34. The minimum atomic E-state index is 0.736. The second-order valence-electron chi connectivity index (χ2n) is 11.1. The molecule has 0 amide bonds. The monoisotopic (exact) mass is 579 g/mol. The van der Waals surface area contributed by atoms with Crippen LogP contribution in [0.25, 0.3) is 11.4 Å². The van der Waals surface area contributed by atoms with E-state index in [-0.39, 0.29) is 0 Å². The van der Waals surface area contributed by atoms with E-state index in [1.54, 1.807) is 0 Å². The standard InChI is InChI=1S/C34H45N9/c1-3-14-38-31(7-1)27-43(28-32-8-2-4-15-39-32)26-30-10-17-41-34(24-30)33-23-29(9-16-40-33)25-42-21-6-13-36-19-18-35-11-5-12-37-20-22-42/h1-4,7-10,14-17,23-24,35-37H,5-6,11-13,18-22,25-28H2. The highest BCUT2D eigenvalue weighted by Gasteiger charge is 2.13. The van der Waals surface area contributed by atoms with Gasteiger partial charge in [-0.25, -0.2) is 0 Å². The van der Waals surface area contributed by atoms with Crippen molar-refractivity contribution in [3.8, 4) is 11.4 Å². The summed E-state index contributed by atoms with van der Waals surface area (Å²) in [6.45, 7) is 11.5. The van der Waals surface area contributed by atoms with Crippen LogP contribution in [-0.2, 0) is 26.2 Å². The second-order valence-corrected chi connectivity index (χ2v) is 11.1. The Morgan fingerprint density at radius 2 is 1.16 bits per heavy atom. The molecule has 0 radical (unpaired) electrons. The Hall–Kier alpha value is -3.60. The topological polar surface area (TPSA) is 94.1 Å². The van der Waals surface area contributed by atoms with Crippen molar-refractivity contribution in [3.05, 3.63) is 108 Å². The first-order chi connectivity index (χ1) is 21.3. The van der Waals surface area contributed by atoms with Crippen LogP contribution in [0, 0.1) is 0 Å². The number of aromatic nitrogens is 4. The summed E-state index contributed by atoms with van der Waals surface area (Å²) >= 11 is 0. The molecular formula is C34H45N9. The zero-order chi connectivity index (χ0) is 29.4. The Kier molecular flexibility index (Phi) is 12.6. The van der Waals surface area contributed by atoms with Crippen LogP contribution in [0.1, 0.15) is 35.4 Å². The molecule has 9 nitrogen and oxygen atoms in total. The Morgan fingerprint density at radius 1 is 0.558 bits per heavy atom. The van der Waals surface area contributed by atoms with E-state index < -0.39 is 0 Å². The summed E-state index contributed by atoms with van der Waals surface area (Å²) in [5, 5.41) is 10.7. The third kappa shape index (κ3) is 10.9. The zero-order valence-corrected chi connectivity index (χ0v) is 25.2. The van der Waals surface area contributed by atoms with E-state index >= 15 is 0 Å². The molecule has 1 aliphatic heterocycles. The Morgan fingerprint density at radius 3 is 1.81 bits per heavy atom. The van der Waals surface area contributed by atoms with E-state index in [9.17, 15) is 0 Å². The highest BCUT2D eigenvalue weighted by atomic mass is 15.1. The Balaban J connectivity index is 1.25. The van der Waals surface area contributed by atoms with Crippen LogP contribution in [0.2, 0.25) is 0 Å². The van der Waals surface area contributed by atoms with Gasteiger partial charge in [0.2, 0.25) is 0 Å².